The summed E-state index contributed by atoms with van der Waals surface area (Å²) in [5.74, 6) is -6.82. The summed E-state index contributed by atoms with van der Waals surface area (Å²) in [6.45, 7) is 0. The number of hydrogen-bond donors (Lipinski definition) is 2. The van der Waals surface area contributed by atoms with Crippen molar-refractivity contribution in [2.45, 2.75) is 0 Å². The molecule has 0 unspecified atom stereocenters. The SMILES string of the molecule is N#Cc1c(C(=O)O)nn(-c2ccc(F)c(F)c2F)c1N. The summed E-state index contributed by atoms with van der Waals surface area (Å²) < 4.78 is 40.1. The number of aromatic carboxylic acids is 1. The number of carboxylic acid groups (broad SMARTS) is 1. The lowest BCUT2D eigenvalue weighted by atomic mass is 10.2. The molecular formula is C11H5F3N4O2. The van der Waals surface area contributed by atoms with E-state index in [4.69, 9.17) is 16.1 Å². The van der Waals surface area contributed by atoms with Crippen LogP contribution in [0.2, 0.25) is 0 Å². The quantitative estimate of drug-likeness (QED) is 0.811. The molecule has 0 bridgehead atoms. The van der Waals surface area contributed by atoms with Crippen LogP contribution < -0.4 is 5.73 Å². The van der Waals surface area contributed by atoms with Crippen LogP contribution in [0.4, 0.5) is 19.0 Å². The third-order valence-corrected chi connectivity index (χ3v) is 2.48. The minimum Gasteiger partial charge on any atom is -0.476 e. The Hall–Kier alpha value is -3.02. The van der Waals surface area contributed by atoms with E-state index in [2.05, 4.69) is 5.10 Å². The molecule has 9 heteroatoms. The van der Waals surface area contributed by atoms with Crippen molar-refractivity contribution in [3.8, 4) is 11.8 Å². The maximum absolute atomic E-state index is 13.6. The number of nitrogens with zero attached hydrogens (tertiary/aromatic N) is 3. The van der Waals surface area contributed by atoms with Crippen LogP contribution in [-0.4, -0.2) is 20.9 Å². The first-order valence-electron chi connectivity index (χ1n) is 5.04. The molecule has 102 valence electrons. The fourth-order valence-corrected chi connectivity index (χ4v) is 1.55. The van der Waals surface area contributed by atoms with Crippen LogP contribution >= 0.6 is 0 Å². The zero-order valence-corrected chi connectivity index (χ0v) is 9.56. The molecule has 1 aromatic carbocycles. The van der Waals surface area contributed by atoms with E-state index in [9.17, 15) is 18.0 Å². The van der Waals surface area contributed by atoms with Gasteiger partial charge in [0, 0.05) is 0 Å². The first-order chi connectivity index (χ1) is 9.38. The van der Waals surface area contributed by atoms with Crippen LogP contribution in [-0.2, 0) is 0 Å². The number of anilines is 1. The van der Waals surface area contributed by atoms with Gasteiger partial charge in [0.25, 0.3) is 0 Å². The Morgan fingerprint density at radius 1 is 1.35 bits per heavy atom. The predicted octanol–water partition coefficient (Wildman–Crippen LogP) is 1.44. The normalized spacial score (nSPS) is 10.3. The van der Waals surface area contributed by atoms with Gasteiger partial charge in [0.15, 0.2) is 23.1 Å². The van der Waals surface area contributed by atoms with Gasteiger partial charge in [-0.25, -0.2) is 22.6 Å². The molecule has 0 aliphatic rings. The standard InChI is InChI=1S/C11H5F3N4O2/c12-5-1-2-6(8(14)7(5)13)18-10(16)4(3-15)9(17-18)11(19)20/h1-2H,16H2,(H,19,20). The smallest absolute Gasteiger partial charge is 0.357 e. The molecule has 0 atom stereocenters. The minimum absolute atomic E-state index is 0.491. The summed E-state index contributed by atoms with van der Waals surface area (Å²) in [6.07, 6.45) is 0. The lowest BCUT2D eigenvalue weighted by Crippen LogP contribution is -2.07. The second-order valence-electron chi connectivity index (χ2n) is 3.63. The van der Waals surface area contributed by atoms with Gasteiger partial charge in [-0.1, -0.05) is 0 Å². The highest BCUT2D eigenvalue weighted by atomic mass is 19.2. The first kappa shape index (κ1) is 13.4. The Morgan fingerprint density at radius 3 is 2.50 bits per heavy atom. The number of carboxylic acids is 1. The highest BCUT2D eigenvalue weighted by Gasteiger charge is 2.24. The molecule has 0 radical (unpaired) electrons. The molecule has 2 rings (SSSR count). The van der Waals surface area contributed by atoms with Crippen LogP contribution in [0.25, 0.3) is 5.69 Å². The van der Waals surface area contributed by atoms with Crippen molar-refractivity contribution in [1.82, 2.24) is 9.78 Å². The lowest BCUT2D eigenvalue weighted by Gasteiger charge is -2.06. The number of nitrogens with two attached hydrogens (primary N) is 1. The van der Waals surface area contributed by atoms with Crippen LogP contribution in [0.1, 0.15) is 16.1 Å². The molecule has 0 saturated carbocycles. The number of rotatable bonds is 2. The van der Waals surface area contributed by atoms with E-state index in [0.717, 1.165) is 6.07 Å². The molecule has 1 aromatic heterocycles. The van der Waals surface area contributed by atoms with Crippen LogP contribution in [0.5, 0.6) is 0 Å². The average molecular weight is 282 g/mol. The van der Waals surface area contributed by atoms with E-state index in [1.54, 1.807) is 0 Å². The number of halogens is 3. The van der Waals surface area contributed by atoms with Crippen LogP contribution in [0, 0.1) is 28.8 Å². The third kappa shape index (κ3) is 1.83. The Labute approximate surface area is 109 Å². The van der Waals surface area contributed by atoms with Gasteiger partial charge < -0.3 is 10.8 Å². The summed E-state index contributed by atoms with van der Waals surface area (Å²) in [4.78, 5) is 10.9. The summed E-state index contributed by atoms with van der Waals surface area (Å²) >= 11 is 0. The number of carbonyl (C=O) groups is 1. The molecule has 0 aliphatic heterocycles. The molecule has 0 amide bonds. The Morgan fingerprint density at radius 2 is 2.00 bits per heavy atom. The van der Waals surface area contributed by atoms with Crippen molar-refractivity contribution in [1.29, 1.82) is 5.26 Å². The summed E-state index contributed by atoms with van der Waals surface area (Å²) in [5, 5.41) is 21.1. The lowest BCUT2D eigenvalue weighted by molar-refractivity contribution is 0.0689. The van der Waals surface area contributed by atoms with Crippen molar-refractivity contribution in [3.63, 3.8) is 0 Å². The van der Waals surface area contributed by atoms with Crippen LogP contribution in [0.15, 0.2) is 12.1 Å². The van der Waals surface area contributed by atoms with E-state index in [0.29, 0.717) is 10.7 Å². The summed E-state index contributed by atoms with van der Waals surface area (Å²) in [7, 11) is 0. The highest BCUT2D eigenvalue weighted by molar-refractivity contribution is 5.90. The third-order valence-electron chi connectivity index (χ3n) is 2.48. The van der Waals surface area contributed by atoms with Crippen molar-refractivity contribution in [2.24, 2.45) is 0 Å². The molecule has 0 saturated heterocycles. The van der Waals surface area contributed by atoms with Gasteiger partial charge in [-0.15, -0.1) is 0 Å². The minimum atomic E-state index is -1.76. The molecule has 6 nitrogen and oxygen atoms in total. The zero-order valence-electron chi connectivity index (χ0n) is 9.56. The molecule has 0 fully saturated rings. The fraction of sp³-hybridized carbons (Fsp3) is 0. The molecular weight excluding hydrogens is 277 g/mol. The molecule has 3 N–H and O–H groups in total. The average Bonchev–Trinajstić information content (AvgIpc) is 2.73. The van der Waals surface area contributed by atoms with Gasteiger partial charge >= 0.3 is 5.97 Å². The summed E-state index contributed by atoms with van der Waals surface area (Å²) in [6, 6.07) is 2.95. The second kappa shape index (κ2) is 4.58. The molecule has 0 aliphatic carbocycles. The Bertz CT molecular complexity index is 764. The predicted molar refractivity (Wildman–Crippen MR) is 59.5 cm³/mol. The van der Waals surface area contributed by atoms with E-state index in [-0.39, 0.29) is 0 Å². The van der Waals surface area contributed by atoms with E-state index in [1.165, 1.54) is 6.07 Å². The van der Waals surface area contributed by atoms with E-state index < -0.39 is 46.2 Å². The largest absolute Gasteiger partial charge is 0.476 e. The maximum Gasteiger partial charge on any atom is 0.357 e. The number of nitriles is 1. The van der Waals surface area contributed by atoms with Gasteiger partial charge in [0.1, 0.15) is 23.1 Å². The number of nitrogen functional groups attached to an aromatic ring is 1. The topological polar surface area (TPSA) is 105 Å². The van der Waals surface area contributed by atoms with Gasteiger partial charge in [-0.05, 0) is 12.1 Å². The number of benzene rings is 1. The maximum atomic E-state index is 13.6. The molecule has 0 spiro atoms. The van der Waals surface area contributed by atoms with Crippen molar-refractivity contribution in [3.05, 3.63) is 40.8 Å². The van der Waals surface area contributed by atoms with Crippen molar-refractivity contribution in [2.75, 3.05) is 5.73 Å². The monoisotopic (exact) mass is 282 g/mol. The Balaban J connectivity index is 2.75. The number of hydrogen-bond acceptors (Lipinski definition) is 4. The van der Waals surface area contributed by atoms with E-state index >= 15 is 0 Å². The van der Waals surface area contributed by atoms with E-state index in [1.807, 2.05) is 0 Å². The zero-order chi connectivity index (χ0) is 15.0. The molecule has 1 heterocycles. The highest BCUT2D eigenvalue weighted by Crippen LogP contribution is 2.24. The number of aromatic nitrogens is 2. The fourth-order valence-electron chi connectivity index (χ4n) is 1.55. The van der Waals surface area contributed by atoms with Crippen molar-refractivity contribution < 1.29 is 23.1 Å². The first-order valence-corrected chi connectivity index (χ1v) is 5.04. The molecule has 20 heavy (non-hydrogen) atoms. The van der Waals surface area contributed by atoms with Gasteiger partial charge in [0.05, 0.1) is 0 Å². The van der Waals surface area contributed by atoms with Gasteiger partial charge in [0.2, 0.25) is 0 Å². The molecule has 2 aromatic rings. The van der Waals surface area contributed by atoms with Crippen LogP contribution in [0.3, 0.4) is 0 Å². The summed E-state index contributed by atoms with van der Waals surface area (Å²) in [5.41, 5.74) is 3.65. The van der Waals surface area contributed by atoms with Gasteiger partial charge in [-0.3, -0.25) is 0 Å². The van der Waals surface area contributed by atoms with Gasteiger partial charge in [-0.2, -0.15) is 10.4 Å². The second-order valence-corrected chi connectivity index (χ2v) is 3.63. The Kier molecular flexibility index (Phi) is 3.07. The van der Waals surface area contributed by atoms with Crippen molar-refractivity contribution >= 4 is 11.8 Å².